The summed E-state index contributed by atoms with van der Waals surface area (Å²) in [5, 5.41) is 4.49. The lowest BCUT2D eigenvalue weighted by Gasteiger charge is -2.30. The van der Waals surface area contributed by atoms with E-state index in [0.29, 0.717) is 12.0 Å². The van der Waals surface area contributed by atoms with Gasteiger partial charge < -0.3 is 5.32 Å². The van der Waals surface area contributed by atoms with E-state index in [4.69, 9.17) is 11.6 Å². The van der Waals surface area contributed by atoms with E-state index < -0.39 is 0 Å². The van der Waals surface area contributed by atoms with Crippen LogP contribution in [-0.4, -0.2) is 21.3 Å². The van der Waals surface area contributed by atoms with Crippen molar-refractivity contribution in [1.82, 2.24) is 9.36 Å². The Morgan fingerprint density at radius 2 is 2.24 bits per heavy atom. The predicted molar refractivity (Wildman–Crippen MR) is 74.0 cm³/mol. The van der Waals surface area contributed by atoms with Crippen molar-refractivity contribution < 1.29 is 0 Å². The molecule has 0 saturated heterocycles. The molecule has 1 saturated carbocycles. The zero-order valence-electron chi connectivity index (χ0n) is 10.3. The molecule has 2 unspecified atom stereocenters. The Morgan fingerprint density at radius 1 is 1.41 bits per heavy atom. The van der Waals surface area contributed by atoms with E-state index in [2.05, 4.69) is 21.6 Å². The van der Waals surface area contributed by atoms with Crippen LogP contribution < -0.4 is 5.32 Å². The van der Waals surface area contributed by atoms with Crippen molar-refractivity contribution in [2.75, 3.05) is 11.2 Å². The SMILES string of the molecule is CCCc1nsc(NC2CCCCC2CCl)n1. The number of hydrogen-bond donors (Lipinski definition) is 1. The first kappa shape index (κ1) is 13.1. The molecule has 2 atom stereocenters. The summed E-state index contributed by atoms with van der Waals surface area (Å²) >= 11 is 7.50. The van der Waals surface area contributed by atoms with Gasteiger partial charge in [0.2, 0.25) is 5.13 Å². The van der Waals surface area contributed by atoms with Crippen LogP contribution in [0.1, 0.15) is 44.9 Å². The molecule has 1 N–H and O–H groups in total. The molecule has 1 aliphatic carbocycles. The van der Waals surface area contributed by atoms with Gasteiger partial charge in [0.05, 0.1) is 0 Å². The fraction of sp³-hybridized carbons (Fsp3) is 0.833. The average Bonchev–Trinajstić information content (AvgIpc) is 2.78. The van der Waals surface area contributed by atoms with Crippen molar-refractivity contribution in [3.05, 3.63) is 5.82 Å². The zero-order valence-corrected chi connectivity index (χ0v) is 11.9. The Labute approximate surface area is 112 Å². The molecule has 5 heteroatoms. The number of alkyl halides is 1. The molecule has 1 aliphatic rings. The summed E-state index contributed by atoms with van der Waals surface area (Å²) in [5.41, 5.74) is 0. The van der Waals surface area contributed by atoms with Gasteiger partial charge in [0, 0.05) is 29.9 Å². The van der Waals surface area contributed by atoms with Crippen molar-refractivity contribution in [2.24, 2.45) is 5.92 Å². The number of aromatic nitrogens is 2. The molecule has 2 rings (SSSR count). The molecule has 1 heterocycles. The summed E-state index contributed by atoms with van der Waals surface area (Å²) < 4.78 is 4.36. The fourth-order valence-corrected chi connectivity index (χ4v) is 3.42. The maximum atomic E-state index is 6.02. The van der Waals surface area contributed by atoms with E-state index >= 15 is 0 Å². The van der Waals surface area contributed by atoms with Crippen molar-refractivity contribution in [3.63, 3.8) is 0 Å². The van der Waals surface area contributed by atoms with Gasteiger partial charge in [0.15, 0.2) is 0 Å². The Morgan fingerprint density at radius 3 is 3.00 bits per heavy atom. The summed E-state index contributed by atoms with van der Waals surface area (Å²) in [4.78, 5) is 4.52. The second-order valence-electron chi connectivity index (χ2n) is 4.72. The molecule has 1 aromatic rings. The molecule has 0 aliphatic heterocycles. The number of hydrogen-bond acceptors (Lipinski definition) is 4. The highest BCUT2D eigenvalue weighted by molar-refractivity contribution is 7.09. The highest BCUT2D eigenvalue weighted by atomic mass is 35.5. The van der Waals surface area contributed by atoms with Gasteiger partial charge >= 0.3 is 0 Å². The van der Waals surface area contributed by atoms with Crippen molar-refractivity contribution in [2.45, 2.75) is 51.5 Å². The Bertz CT molecular complexity index is 342. The lowest BCUT2D eigenvalue weighted by molar-refractivity contribution is 0.353. The zero-order chi connectivity index (χ0) is 12.1. The summed E-state index contributed by atoms with van der Waals surface area (Å²) in [5.74, 6) is 2.31. The summed E-state index contributed by atoms with van der Waals surface area (Å²) in [6.07, 6.45) is 7.13. The third-order valence-electron chi connectivity index (χ3n) is 3.36. The van der Waals surface area contributed by atoms with Gasteiger partial charge in [-0.25, -0.2) is 4.98 Å². The minimum atomic E-state index is 0.490. The molecular weight excluding hydrogens is 254 g/mol. The smallest absolute Gasteiger partial charge is 0.202 e. The first-order valence-electron chi connectivity index (χ1n) is 6.48. The second-order valence-corrected chi connectivity index (χ2v) is 5.78. The molecular formula is C12H20ClN3S. The normalized spacial score (nSPS) is 24.8. The quantitative estimate of drug-likeness (QED) is 0.832. The van der Waals surface area contributed by atoms with Gasteiger partial charge in [0.1, 0.15) is 5.82 Å². The molecule has 0 aromatic carbocycles. The van der Waals surface area contributed by atoms with Gasteiger partial charge in [-0.15, -0.1) is 11.6 Å². The van der Waals surface area contributed by atoms with Crippen molar-refractivity contribution in [1.29, 1.82) is 0 Å². The fourth-order valence-electron chi connectivity index (χ4n) is 2.38. The first-order chi connectivity index (χ1) is 8.33. The Balaban J connectivity index is 1.93. The van der Waals surface area contributed by atoms with E-state index in [1.54, 1.807) is 0 Å². The molecule has 1 fully saturated rings. The van der Waals surface area contributed by atoms with Crippen LogP contribution >= 0.6 is 23.1 Å². The largest absolute Gasteiger partial charge is 0.357 e. The van der Waals surface area contributed by atoms with Crippen molar-refractivity contribution >= 4 is 28.3 Å². The van der Waals surface area contributed by atoms with E-state index in [1.165, 1.54) is 37.2 Å². The predicted octanol–water partition coefficient (Wildman–Crippen LogP) is 3.70. The van der Waals surface area contributed by atoms with Crippen molar-refractivity contribution in [3.8, 4) is 0 Å². The van der Waals surface area contributed by atoms with Gasteiger partial charge in [-0.2, -0.15) is 4.37 Å². The van der Waals surface area contributed by atoms with Crippen LogP contribution in [0.2, 0.25) is 0 Å². The number of aryl methyl sites for hydroxylation is 1. The number of rotatable bonds is 5. The van der Waals surface area contributed by atoms with Gasteiger partial charge in [-0.3, -0.25) is 0 Å². The number of nitrogens with one attached hydrogen (secondary N) is 1. The summed E-state index contributed by atoms with van der Waals surface area (Å²) in [6.45, 7) is 2.15. The standard InChI is InChI=1S/C12H20ClN3S/c1-2-5-11-15-12(17-16-11)14-10-7-4-3-6-9(10)8-13/h9-10H,2-8H2,1H3,(H,14,15,16). The van der Waals surface area contributed by atoms with E-state index in [-0.39, 0.29) is 0 Å². The molecule has 1 aromatic heterocycles. The van der Waals surface area contributed by atoms with Crippen LogP contribution in [0.25, 0.3) is 0 Å². The van der Waals surface area contributed by atoms with E-state index in [9.17, 15) is 0 Å². The summed E-state index contributed by atoms with van der Waals surface area (Å²) in [7, 11) is 0. The van der Waals surface area contributed by atoms with Gasteiger partial charge in [0.25, 0.3) is 0 Å². The van der Waals surface area contributed by atoms with Crippen LogP contribution in [0.4, 0.5) is 5.13 Å². The lowest BCUT2D eigenvalue weighted by Crippen LogP contribution is -2.33. The molecule has 0 spiro atoms. The van der Waals surface area contributed by atoms with E-state index in [1.807, 2.05) is 0 Å². The van der Waals surface area contributed by atoms with Gasteiger partial charge in [-0.1, -0.05) is 19.8 Å². The van der Waals surface area contributed by atoms with Crippen LogP contribution in [0.15, 0.2) is 0 Å². The monoisotopic (exact) mass is 273 g/mol. The van der Waals surface area contributed by atoms with Crippen LogP contribution in [-0.2, 0) is 6.42 Å². The minimum absolute atomic E-state index is 0.490. The molecule has 17 heavy (non-hydrogen) atoms. The van der Waals surface area contributed by atoms with Crippen LogP contribution in [0.3, 0.4) is 0 Å². The van der Waals surface area contributed by atoms with Crippen LogP contribution in [0.5, 0.6) is 0 Å². The third kappa shape index (κ3) is 3.55. The molecule has 96 valence electrons. The number of nitrogens with zero attached hydrogens (tertiary/aromatic N) is 2. The Kier molecular flexibility index (Phi) is 5.04. The maximum absolute atomic E-state index is 6.02. The third-order valence-corrected chi connectivity index (χ3v) is 4.44. The maximum Gasteiger partial charge on any atom is 0.202 e. The topological polar surface area (TPSA) is 37.8 Å². The lowest BCUT2D eigenvalue weighted by atomic mass is 9.86. The second kappa shape index (κ2) is 6.55. The molecule has 3 nitrogen and oxygen atoms in total. The molecule has 0 bridgehead atoms. The van der Waals surface area contributed by atoms with Crippen LogP contribution in [0, 0.1) is 5.92 Å². The summed E-state index contributed by atoms with van der Waals surface area (Å²) in [6, 6.07) is 0.490. The minimum Gasteiger partial charge on any atom is -0.357 e. The highest BCUT2D eigenvalue weighted by Gasteiger charge is 2.25. The number of anilines is 1. The Hall–Kier alpha value is -0.350. The first-order valence-corrected chi connectivity index (χ1v) is 7.79. The highest BCUT2D eigenvalue weighted by Crippen LogP contribution is 2.28. The molecule has 0 radical (unpaired) electrons. The average molecular weight is 274 g/mol. The van der Waals surface area contributed by atoms with Gasteiger partial charge in [-0.05, 0) is 25.2 Å². The molecule has 0 amide bonds. The number of halogens is 1. The van der Waals surface area contributed by atoms with E-state index in [0.717, 1.165) is 29.7 Å².